The van der Waals surface area contributed by atoms with Crippen LogP contribution in [0.25, 0.3) is 6.08 Å². The summed E-state index contributed by atoms with van der Waals surface area (Å²) in [6.45, 7) is 2.99. The SMILES string of the molecule is CCCOc1ccc(Br)cc1/C=C(\C#N)C(=O)Nc1cc2c(cc1[N+](=O)[O-])OCCO2. The van der Waals surface area contributed by atoms with Crippen LogP contribution in [-0.2, 0) is 4.79 Å². The number of benzene rings is 2. The summed E-state index contributed by atoms with van der Waals surface area (Å²) in [5.74, 6) is 0.204. The Hall–Kier alpha value is -3.58. The van der Waals surface area contributed by atoms with Crippen molar-refractivity contribution < 1.29 is 23.9 Å². The van der Waals surface area contributed by atoms with Gasteiger partial charge in [-0.3, -0.25) is 14.9 Å². The maximum absolute atomic E-state index is 12.8. The zero-order chi connectivity index (χ0) is 22.4. The van der Waals surface area contributed by atoms with E-state index < -0.39 is 10.8 Å². The minimum absolute atomic E-state index is 0.0999. The Morgan fingerprint density at radius 3 is 2.68 bits per heavy atom. The number of nitriles is 1. The van der Waals surface area contributed by atoms with Crippen LogP contribution >= 0.6 is 15.9 Å². The molecule has 1 aliphatic rings. The predicted molar refractivity (Wildman–Crippen MR) is 116 cm³/mol. The smallest absolute Gasteiger partial charge is 0.296 e. The Morgan fingerprint density at radius 2 is 2.03 bits per heavy atom. The van der Waals surface area contributed by atoms with Crippen LogP contribution < -0.4 is 19.5 Å². The lowest BCUT2D eigenvalue weighted by molar-refractivity contribution is -0.384. The van der Waals surface area contributed by atoms with Crippen molar-refractivity contribution >= 4 is 39.3 Å². The van der Waals surface area contributed by atoms with Crippen LogP contribution in [0.5, 0.6) is 17.2 Å². The van der Waals surface area contributed by atoms with E-state index in [0.717, 1.165) is 10.9 Å². The van der Waals surface area contributed by atoms with Crippen LogP contribution in [0, 0.1) is 21.4 Å². The molecule has 9 nitrogen and oxygen atoms in total. The van der Waals surface area contributed by atoms with Crippen molar-refractivity contribution in [3.05, 3.63) is 56.1 Å². The molecule has 10 heteroatoms. The predicted octanol–water partition coefficient (Wildman–Crippen LogP) is 4.46. The van der Waals surface area contributed by atoms with Gasteiger partial charge in [0.1, 0.15) is 36.3 Å². The number of carbonyl (C=O) groups excluding carboxylic acids is 1. The van der Waals surface area contributed by atoms with Gasteiger partial charge < -0.3 is 19.5 Å². The fourth-order valence-corrected chi connectivity index (χ4v) is 3.18. The van der Waals surface area contributed by atoms with E-state index in [0.29, 0.717) is 17.9 Å². The lowest BCUT2D eigenvalue weighted by Crippen LogP contribution is -2.18. The fraction of sp³-hybridized carbons (Fsp3) is 0.238. The van der Waals surface area contributed by atoms with Gasteiger partial charge in [0.2, 0.25) is 0 Å². The minimum atomic E-state index is -0.802. The van der Waals surface area contributed by atoms with E-state index in [1.807, 2.05) is 13.0 Å². The molecule has 160 valence electrons. The number of halogens is 1. The number of hydrogen-bond donors (Lipinski definition) is 1. The Labute approximate surface area is 186 Å². The maximum atomic E-state index is 12.8. The van der Waals surface area contributed by atoms with E-state index in [1.165, 1.54) is 18.2 Å². The number of ether oxygens (including phenoxy) is 3. The van der Waals surface area contributed by atoms with E-state index in [2.05, 4.69) is 21.2 Å². The second-order valence-corrected chi connectivity index (χ2v) is 7.34. The molecule has 0 aromatic heterocycles. The lowest BCUT2D eigenvalue weighted by Gasteiger charge is -2.19. The van der Waals surface area contributed by atoms with Crippen molar-refractivity contribution in [3.8, 4) is 23.3 Å². The van der Waals surface area contributed by atoms with Gasteiger partial charge in [0.05, 0.1) is 17.6 Å². The lowest BCUT2D eigenvalue weighted by atomic mass is 10.1. The molecular weight excluding hydrogens is 470 g/mol. The Balaban J connectivity index is 1.93. The number of amides is 1. The normalized spacial score (nSPS) is 12.6. The summed E-state index contributed by atoms with van der Waals surface area (Å²) in [5, 5.41) is 23.4. The van der Waals surface area contributed by atoms with E-state index in [1.54, 1.807) is 18.2 Å². The number of nitrogens with one attached hydrogen (secondary N) is 1. The van der Waals surface area contributed by atoms with Gasteiger partial charge >= 0.3 is 0 Å². The molecule has 1 aliphatic heterocycles. The van der Waals surface area contributed by atoms with Gasteiger partial charge in [-0.05, 0) is 30.7 Å². The average molecular weight is 488 g/mol. The van der Waals surface area contributed by atoms with Gasteiger partial charge in [-0.1, -0.05) is 22.9 Å². The molecule has 0 saturated heterocycles. The molecule has 31 heavy (non-hydrogen) atoms. The number of nitro groups is 1. The molecule has 0 unspecified atom stereocenters. The van der Waals surface area contributed by atoms with Crippen molar-refractivity contribution in [2.75, 3.05) is 25.1 Å². The Morgan fingerprint density at radius 1 is 1.32 bits per heavy atom. The second-order valence-electron chi connectivity index (χ2n) is 6.42. The monoisotopic (exact) mass is 487 g/mol. The fourth-order valence-electron chi connectivity index (χ4n) is 2.80. The quantitative estimate of drug-likeness (QED) is 0.264. The minimum Gasteiger partial charge on any atom is -0.493 e. The summed E-state index contributed by atoms with van der Waals surface area (Å²) >= 11 is 3.36. The summed E-state index contributed by atoms with van der Waals surface area (Å²) < 4.78 is 17.2. The summed E-state index contributed by atoms with van der Waals surface area (Å²) in [5.41, 5.74) is -0.198. The van der Waals surface area contributed by atoms with Crippen molar-refractivity contribution in [1.29, 1.82) is 5.26 Å². The molecule has 1 N–H and O–H groups in total. The summed E-state index contributed by atoms with van der Waals surface area (Å²) in [6, 6.07) is 9.56. The molecule has 2 aromatic rings. The van der Waals surface area contributed by atoms with Crippen molar-refractivity contribution in [2.24, 2.45) is 0 Å². The average Bonchev–Trinajstić information content (AvgIpc) is 2.76. The highest BCUT2D eigenvalue weighted by atomic mass is 79.9. The molecule has 1 amide bonds. The summed E-state index contributed by atoms with van der Waals surface area (Å²) in [7, 11) is 0. The number of nitro benzene ring substituents is 1. The van der Waals surface area contributed by atoms with Gasteiger partial charge in [-0.15, -0.1) is 0 Å². The van der Waals surface area contributed by atoms with Crippen LogP contribution in [0.1, 0.15) is 18.9 Å². The third-order valence-electron chi connectivity index (χ3n) is 4.20. The molecule has 0 saturated carbocycles. The molecule has 1 heterocycles. The number of anilines is 1. The molecule has 0 bridgehead atoms. The zero-order valence-electron chi connectivity index (χ0n) is 16.5. The summed E-state index contributed by atoms with van der Waals surface area (Å²) in [6.07, 6.45) is 2.16. The standard InChI is InChI=1S/C21H18BrN3O6/c1-2-5-29-18-4-3-15(22)9-13(18)8-14(12-23)21(26)24-16-10-19-20(31-7-6-30-19)11-17(16)25(27)28/h3-4,8-11H,2,5-7H2,1H3,(H,24,26)/b14-8+. The third-order valence-corrected chi connectivity index (χ3v) is 4.70. The topological polar surface area (TPSA) is 124 Å². The van der Waals surface area contributed by atoms with Crippen LogP contribution in [0.2, 0.25) is 0 Å². The van der Waals surface area contributed by atoms with E-state index in [-0.39, 0.29) is 41.7 Å². The van der Waals surface area contributed by atoms with E-state index in [9.17, 15) is 20.2 Å². The number of rotatable bonds is 7. The van der Waals surface area contributed by atoms with Crippen LogP contribution in [0.4, 0.5) is 11.4 Å². The van der Waals surface area contributed by atoms with Gasteiger partial charge in [0.15, 0.2) is 11.5 Å². The number of carbonyl (C=O) groups is 1. The first-order chi connectivity index (χ1) is 14.9. The van der Waals surface area contributed by atoms with Gasteiger partial charge in [0.25, 0.3) is 11.6 Å². The molecule has 0 radical (unpaired) electrons. The Bertz CT molecular complexity index is 1090. The first kappa shape index (κ1) is 22.1. The number of fused-ring (bicyclic) bond motifs is 1. The highest BCUT2D eigenvalue weighted by molar-refractivity contribution is 9.10. The van der Waals surface area contributed by atoms with Crippen molar-refractivity contribution in [1.82, 2.24) is 0 Å². The molecule has 0 spiro atoms. The third kappa shape index (κ3) is 5.32. The molecule has 0 fully saturated rings. The first-order valence-corrected chi connectivity index (χ1v) is 10.2. The molecule has 0 atom stereocenters. The van der Waals surface area contributed by atoms with Crippen molar-refractivity contribution in [2.45, 2.75) is 13.3 Å². The maximum Gasteiger partial charge on any atom is 0.296 e. The molecule has 2 aromatic carbocycles. The van der Waals surface area contributed by atoms with Crippen LogP contribution in [0.15, 0.2) is 40.4 Å². The Kier molecular flexibility index (Phi) is 7.10. The van der Waals surface area contributed by atoms with Crippen molar-refractivity contribution in [3.63, 3.8) is 0 Å². The van der Waals surface area contributed by atoms with E-state index >= 15 is 0 Å². The molecule has 0 aliphatic carbocycles. The first-order valence-electron chi connectivity index (χ1n) is 9.36. The molecule has 3 rings (SSSR count). The molecular formula is C21H18BrN3O6. The highest BCUT2D eigenvalue weighted by Gasteiger charge is 2.24. The van der Waals surface area contributed by atoms with Gasteiger partial charge in [-0.2, -0.15) is 5.26 Å². The number of nitrogens with zero attached hydrogens (tertiary/aromatic N) is 2. The summed E-state index contributed by atoms with van der Waals surface area (Å²) in [4.78, 5) is 23.6. The van der Waals surface area contributed by atoms with Gasteiger partial charge in [-0.25, -0.2) is 0 Å². The zero-order valence-corrected chi connectivity index (χ0v) is 18.1. The van der Waals surface area contributed by atoms with Gasteiger partial charge in [0, 0.05) is 16.1 Å². The largest absolute Gasteiger partial charge is 0.493 e. The van der Waals surface area contributed by atoms with Crippen LogP contribution in [0.3, 0.4) is 0 Å². The van der Waals surface area contributed by atoms with Crippen LogP contribution in [-0.4, -0.2) is 30.7 Å². The van der Waals surface area contributed by atoms with E-state index in [4.69, 9.17) is 14.2 Å². The highest BCUT2D eigenvalue weighted by Crippen LogP contribution is 2.39. The second kappa shape index (κ2) is 9.95. The number of hydrogen-bond acceptors (Lipinski definition) is 7.